The Bertz CT molecular complexity index is 434. The van der Waals surface area contributed by atoms with Crippen LogP contribution < -0.4 is 4.74 Å². The predicted octanol–water partition coefficient (Wildman–Crippen LogP) is 4.47. The van der Waals surface area contributed by atoms with Gasteiger partial charge in [-0.15, -0.1) is 0 Å². The van der Waals surface area contributed by atoms with Gasteiger partial charge in [0.1, 0.15) is 5.75 Å². The Morgan fingerprint density at radius 2 is 1.95 bits per heavy atom. The molecule has 0 saturated heterocycles. The first-order valence-corrected chi connectivity index (χ1v) is 7.68. The molecule has 1 atom stereocenters. The van der Waals surface area contributed by atoms with Crippen molar-refractivity contribution in [3.63, 3.8) is 0 Å². The number of esters is 1. The van der Waals surface area contributed by atoms with Crippen molar-refractivity contribution in [3.05, 3.63) is 35.9 Å². The van der Waals surface area contributed by atoms with Gasteiger partial charge in [-0.2, -0.15) is 0 Å². The van der Waals surface area contributed by atoms with Crippen LogP contribution in [0.1, 0.15) is 45.1 Å². The fourth-order valence-electron chi connectivity index (χ4n) is 2.03. The zero-order chi connectivity index (χ0) is 15.5. The van der Waals surface area contributed by atoms with Gasteiger partial charge in [0.05, 0.1) is 13.7 Å². The molecule has 0 N–H and O–H groups in total. The summed E-state index contributed by atoms with van der Waals surface area (Å²) in [5.41, 5.74) is 0.950. The summed E-state index contributed by atoms with van der Waals surface area (Å²) >= 11 is 0. The number of rotatable bonds is 9. The van der Waals surface area contributed by atoms with E-state index in [4.69, 9.17) is 9.47 Å². The minimum atomic E-state index is -0.277. The first-order chi connectivity index (χ1) is 10.2. The van der Waals surface area contributed by atoms with Gasteiger partial charge in [-0.3, -0.25) is 0 Å². The maximum absolute atomic E-state index is 11.7. The summed E-state index contributed by atoms with van der Waals surface area (Å²) in [6, 6.07) is 7.53. The second-order valence-electron chi connectivity index (χ2n) is 5.15. The van der Waals surface area contributed by atoms with Gasteiger partial charge in [0.15, 0.2) is 0 Å². The van der Waals surface area contributed by atoms with Crippen molar-refractivity contribution in [2.24, 2.45) is 5.92 Å². The van der Waals surface area contributed by atoms with E-state index < -0.39 is 0 Å². The van der Waals surface area contributed by atoms with Crippen LogP contribution in [0.25, 0.3) is 6.08 Å². The van der Waals surface area contributed by atoms with Crippen molar-refractivity contribution in [1.82, 2.24) is 0 Å². The van der Waals surface area contributed by atoms with Gasteiger partial charge >= 0.3 is 5.97 Å². The van der Waals surface area contributed by atoms with Crippen molar-refractivity contribution in [2.45, 2.75) is 39.5 Å². The number of carbonyl (C=O) groups excluding carboxylic acids is 1. The molecule has 116 valence electrons. The van der Waals surface area contributed by atoms with Crippen molar-refractivity contribution in [2.75, 3.05) is 13.7 Å². The summed E-state index contributed by atoms with van der Waals surface area (Å²) in [6.45, 7) is 4.83. The average molecular weight is 290 g/mol. The quantitative estimate of drug-likeness (QED) is 0.497. The Morgan fingerprint density at radius 1 is 1.24 bits per heavy atom. The van der Waals surface area contributed by atoms with Crippen LogP contribution in [-0.2, 0) is 9.53 Å². The summed E-state index contributed by atoms with van der Waals surface area (Å²) in [7, 11) is 1.63. The van der Waals surface area contributed by atoms with Crippen molar-refractivity contribution >= 4 is 12.0 Å². The van der Waals surface area contributed by atoms with E-state index >= 15 is 0 Å². The predicted molar refractivity (Wildman–Crippen MR) is 86.3 cm³/mol. The van der Waals surface area contributed by atoms with Gasteiger partial charge in [0.25, 0.3) is 0 Å². The molecule has 0 fully saturated rings. The maximum Gasteiger partial charge on any atom is 0.330 e. The maximum atomic E-state index is 11.7. The highest BCUT2D eigenvalue weighted by molar-refractivity contribution is 5.87. The smallest absolute Gasteiger partial charge is 0.330 e. The first-order valence-electron chi connectivity index (χ1n) is 7.68. The number of hydrogen-bond donors (Lipinski definition) is 0. The fraction of sp³-hybridized carbons (Fsp3) is 0.500. The summed E-state index contributed by atoms with van der Waals surface area (Å²) in [6.07, 6.45) is 7.79. The van der Waals surface area contributed by atoms with Crippen LogP contribution in [0.15, 0.2) is 30.3 Å². The second kappa shape index (κ2) is 10.0. The highest BCUT2D eigenvalue weighted by Gasteiger charge is 2.08. The first kappa shape index (κ1) is 17.3. The Hall–Kier alpha value is -1.77. The molecule has 0 heterocycles. The van der Waals surface area contributed by atoms with E-state index in [1.165, 1.54) is 18.9 Å². The molecule has 1 unspecified atom stereocenters. The van der Waals surface area contributed by atoms with E-state index in [9.17, 15) is 4.79 Å². The summed E-state index contributed by atoms with van der Waals surface area (Å²) in [4.78, 5) is 11.7. The van der Waals surface area contributed by atoms with Crippen LogP contribution in [0.4, 0.5) is 0 Å². The number of benzene rings is 1. The van der Waals surface area contributed by atoms with Crippen LogP contribution in [0.3, 0.4) is 0 Å². The summed E-state index contributed by atoms with van der Waals surface area (Å²) in [5, 5.41) is 0. The van der Waals surface area contributed by atoms with Gasteiger partial charge in [-0.1, -0.05) is 45.2 Å². The van der Waals surface area contributed by atoms with Gasteiger partial charge in [0, 0.05) is 6.08 Å². The van der Waals surface area contributed by atoms with Gasteiger partial charge < -0.3 is 9.47 Å². The second-order valence-corrected chi connectivity index (χ2v) is 5.15. The molecule has 0 saturated carbocycles. The molecule has 0 radical (unpaired) electrons. The minimum Gasteiger partial charge on any atom is -0.497 e. The summed E-state index contributed by atoms with van der Waals surface area (Å²) < 4.78 is 10.4. The van der Waals surface area contributed by atoms with Crippen LogP contribution in [-0.4, -0.2) is 19.7 Å². The van der Waals surface area contributed by atoms with Crippen molar-refractivity contribution in [1.29, 1.82) is 0 Å². The minimum absolute atomic E-state index is 0.277. The van der Waals surface area contributed by atoms with E-state index in [-0.39, 0.29) is 5.97 Å². The molecule has 0 amide bonds. The molecule has 1 aromatic rings. The lowest BCUT2D eigenvalue weighted by Gasteiger charge is -2.13. The third kappa shape index (κ3) is 6.98. The van der Waals surface area contributed by atoms with Gasteiger partial charge in [0.2, 0.25) is 0 Å². The van der Waals surface area contributed by atoms with Crippen LogP contribution >= 0.6 is 0 Å². The Labute approximate surface area is 128 Å². The van der Waals surface area contributed by atoms with E-state index in [1.807, 2.05) is 24.3 Å². The molecular weight excluding hydrogens is 264 g/mol. The van der Waals surface area contributed by atoms with Gasteiger partial charge in [-0.05, 0) is 36.1 Å². The third-order valence-corrected chi connectivity index (χ3v) is 3.53. The Balaban J connectivity index is 2.39. The highest BCUT2D eigenvalue weighted by Crippen LogP contribution is 2.14. The molecule has 3 nitrogen and oxygen atoms in total. The summed E-state index contributed by atoms with van der Waals surface area (Å²) in [5.74, 6) is 1.00. The zero-order valence-corrected chi connectivity index (χ0v) is 13.3. The molecule has 0 bridgehead atoms. The molecule has 1 rings (SSSR count). The lowest BCUT2D eigenvalue weighted by Crippen LogP contribution is -2.12. The van der Waals surface area contributed by atoms with Gasteiger partial charge in [-0.25, -0.2) is 4.79 Å². The van der Waals surface area contributed by atoms with Crippen molar-refractivity contribution in [3.8, 4) is 5.75 Å². The van der Waals surface area contributed by atoms with E-state index in [0.717, 1.165) is 24.2 Å². The Kier molecular flexibility index (Phi) is 8.25. The zero-order valence-electron chi connectivity index (χ0n) is 13.3. The highest BCUT2D eigenvalue weighted by atomic mass is 16.5. The topological polar surface area (TPSA) is 35.5 Å². The molecule has 1 aromatic carbocycles. The third-order valence-electron chi connectivity index (χ3n) is 3.53. The monoisotopic (exact) mass is 290 g/mol. The molecule has 0 spiro atoms. The standard InChI is InChI=1S/C18H26O3/c1-4-6-7-15(5-2)14-21-18(19)13-10-16-8-11-17(20-3)12-9-16/h8-13,15H,4-7,14H2,1-3H3/b13-10-. The number of unbranched alkanes of at least 4 members (excludes halogenated alkanes) is 1. The lowest BCUT2D eigenvalue weighted by atomic mass is 10.0. The molecule has 0 aliphatic heterocycles. The molecule has 0 aliphatic rings. The normalized spacial score (nSPS) is 12.3. The van der Waals surface area contributed by atoms with Crippen LogP contribution in [0, 0.1) is 5.92 Å². The SMILES string of the molecule is CCCCC(CC)COC(=O)/C=C\c1ccc(OC)cc1. The molecular formula is C18H26O3. The number of ether oxygens (including phenoxy) is 2. The van der Waals surface area contributed by atoms with E-state index in [2.05, 4.69) is 13.8 Å². The average Bonchev–Trinajstić information content (AvgIpc) is 2.53. The fourth-order valence-corrected chi connectivity index (χ4v) is 2.03. The molecule has 0 aliphatic carbocycles. The molecule has 0 aromatic heterocycles. The van der Waals surface area contributed by atoms with E-state index in [1.54, 1.807) is 13.2 Å². The largest absolute Gasteiger partial charge is 0.497 e. The Morgan fingerprint density at radius 3 is 2.52 bits per heavy atom. The van der Waals surface area contributed by atoms with Crippen LogP contribution in [0.5, 0.6) is 5.75 Å². The number of carbonyl (C=O) groups is 1. The number of methoxy groups -OCH3 is 1. The molecule has 3 heteroatoms. The van der Waals surface area contributed by atoms with Crippen LogP contribution in [0.2, 0.25) is 0 Å². The lowest BCUT2D eigenvalue weighted by molar-refractivity contribution is -0.139. The molecule has 21 heavy (non-hydrogen) atoms. The van der Waals surface area contributed by atoms with Crippen molar-refractivity contribution < 1.29 is 14.3 Å². The van der Waals surface area contributed by atoms with E-state index in [0.29, 0.717) is 12.5 Å². The number of hydrogen-bond acceptors (Lipinski definition) is 3.